The highest BCUT2D eigenvalue weighted by molar-refractivity contribution is 7.90. The molecule has 4 aliphatic rings. The fourth-order valence-electron chi connectivity index (χ4n) is 8.97. The number of amides is 2. The fourth-order valence-corrected chi connectivity index (χ4v) is 9.59. The van der Waals surface area contributed by atoms with Gasteiger partial charge in [-0.3, -0.25) is 9.59 Å². The molecule has 246 valence electrons. The van der Waals surface area contributed by atoms with Crippen molar-refractivity contribution in [3.05, 3.63) is 59.2 Å². The topological polar surface area (TPSA) is 91.7 Å². The van der Waals surface area contributed by atoms with Gasteiger partial charge < -0.3 is 14.4 Å². The Hall–Kier alpha value is -3.17. The van der Waals surface area contributed by atoms with E-state index in [1.165, 1.54) is 30.4 Å². The second-order valence-corrected chi connectivity index (χ2v) is 17.2. The van der Waals surface area contributed by atoms with Gasteiger partial charge >= 0.3 is 0 Å². The first kappa shape index (κ1) is 31.4. The Labute approximate surface area is 273 Å². The van der Waals surface area contributed by atoms with Crippen LogP contribution in [-0.4, -0.2) is 72.1 Å². The summed E-state index contributed by atoms with van der Waals surface area (Å²) < 4.78 is 29.9. The first-order valence-electron chi connectivity index (χ1n) is 17.2. The van der Waals surface area contributed by atoms with Crippen molar-refractivity contribution in [3.63, 3.8) is 0 Å². The van der Waals surface area contributed by atoms with Crippen molar-refractivity contribution in [2.24, 2.45) is 5.41 Å². The van der Waals surface area contributed by atoms with E-state index in [1.807, 2.05) is 12.1 Å². The number of likely N-dealkylation sites (N-methyl/N-ethyl adjacent to an activating group) is 1. The molecular formula is C37H48N4O4S. The molecule has 1 N–H and O–H groups in total. The van der Waals surface area contributed by atoms with Crippen molar-refractivity contribution in [3.8, 4) is 11.3 Å². The zero-order chi connectivity index (χ0) is 32.5. The number of hydrogen-bond donors (Lipinski definition) is 1. The number of piperazine rings is 1. The van der Waals surface area contributed by atoms with Gasteiger partial charge in [0, 0.05) is 53.7 Å². The number of sulfonamides is 1. The molecule has 2 unspecified atom stereocenters. The molecule has 9 heteroatoms. The van der Waals surface area contributed by atoms with Gasteiger partial charge in [0.25, 0.3) is 5.91 Å². The Morgan fingerprint density at radius 1 is 0.957 bits per heavy atom. The van der Waals surface area contributed by atoms with E-state index in [1.54, 1.807) is 19.9 Å². The van der Waals surface area contributed by atoms with Crippen LogP contribution in [0.5, 0.6) is 0 Å². The van der Waals surface area contributed by atoms with Crippen LogP contribution < -0.4 is 4.72 Å². The maximum atomic E-state index is 15.0. The Morgan fingerprint density at radius 2 is 1.63 bits per heavy atom. The summed E-state index contributed by atoms with van der Waals surface area (Å²) in [4.78, 5) is 33.0. The average Bonchev–Trinajstić information content (AvgIpc) is 3.46. The zero-order valence-corrected chi connectivity index (χ0v) is 28.7. The molecule has 7 rings (SSSR count). The van der Waals surface area contributed by atoms with Gasteiger partial charge in [-0.1, -0.05) is 56.5 Å². The minimum absolute atomic E-state index is 0.0351. The molecule has 2 aromatic carbocycles. The molecule has 1 saturated carbocycles. The number of benzene rings is 2. The molecule has 4 atom stereocenters. The molecule has 3 fully saturated rings. The van der Waals surface area contributed by atoms with Crippen LogP contribution in [0.3, 0.4) is 0 Å². The monoisotopic (exact) mass is 644 g/mol. The van der Waals surface area contributed by atoms with Crippen LogP contribution in [-0.2, 0) is 21.4 Å². The summed E-state index contributed by atoms with van der Waals surface area (Å²) in [7, 11) is -1.63. The molecule has 1 aromatic heterocycles. The van der Waals surface area contributed by atoms with E-state index in [0.717, 1.165) is 60.9 Å². The summed E-state index contributed by atoms with van der Waals surface area (Å²) in [6, 6.07) is 14.7. The Balaban J connectivity index is 1.43. The van der Waals surface area contributed by atoms with Crippen LogP contribution in [0, 0.1) is 5.41 Å². The standard InChI is InChI=1S/C37H48N4O4S/c1-23(2)46(44,45)38-35(42)26-15-18-31-32(19-26)40-22-37(4,36(43)41-27-16-17-28(41)21-39(5)20-27)24(3)29-13-9-10-14-30(29)34(40)33(31)25-11-7-6-8-12-25/h9-10,13-15,18-19,23-25,27-28H,6-8,11-12,16-17,20-22H2,1-5H3,(H,38,42)/t24-,27?,28?,37-/m0/s1. The summed E-state index contributed by atoms with van der Waals surface area (Å²) in [6.07, 6.45) is 7.92. The lowest BCUT2D eigenvalue weighted by Crippen LogP contribution is -2.59. The van der Waals surface area contributed by atoms with Gasteiger partial charge in [0.2, 0.25) is 15.9 Å². The van der Waals surface area contributed by atoms with Gasteiger partial charge in [0.05, 0.1) is 16.4 Å². The van der Waals surface area contributed by atoms with Gasteiger partial charge in [-0.2, -0.15) is 0 Å². The minimum Gasteiger partial charge on any atom is -0.339 e. The number of carbonyl (C=O) groups excluding carboxylic acids is 2. The molecule has 2 amide bonds. The van der Waals surface area contributed by atoms with E-state index in [-0.39, 0.29) is 23.9 Å². The summed E-state index contributed by atoms with van der Waals surface area (Å²) in [6.45, 7) is 9.80. The zero-order valence-electron chi connectivity index (χ0n) is 27.9. The predicted octanol–water partition coefficient (Wildman–Crippen LogP) is 6.25. The molecule has 2 saturated heterocycles. The molecule has 1 aliphatic carbocycles. The smallest absolute Gasteiger partial charge is 0.264 e. The lowest BCUT2D eigenvalue weighted by Gasteiger charge is -2.45. The molecule has 3 aromatic rings. The SMILES string of the molecule is CC(C)S(=O)(=O)NC(=O)c1ccc2c(C3CCCCC3)c3n(c2c1)C[C@](C)(C(=O)N1C2CCC1CN(C)C2)[C@@H](C)c1ccccc1-3. The number of rotatable bonds is 5. The van der Waals surface area contributed by atoms with Crippen molar-refractivity contribution in [2.45, 2.75) is 108 Å². The largest absolute Gasteiger partial charge is 0.339 e. The number of hydrogen-bond acceptors (Lipinski definition) is 5. The van der Waals surface area contributed by atoms with Crippen LogP contribution >= 0.6 is 0 Å². The number of nitrogens with zero attached hydrogens (tertiary/aromatic N) is 3. The van der Waals surface area contributed by atoms with Gasteiger partial charge in [0.15, 0.2) is 0 Å². The molecule has 0 spiro atoms. The fraction of sp³-hybridized carbons (Fsp3) is 0.568. The van der Waals surface area contributed by atoms with Crippen molar-refractivity contribution in [1.29, 1.82) is 0 Å². The average molecular weight is 645 g/mol. The highest BCUT2D eigenvalue weighted by Gasteiger charge is 2.52. The van der Waals surface area contributed by atoms with Crippen molar-refractivity contribution >= 4 is 32.7 Å². The number of nitrogens with one attached hydrogen (secondary N) is 1. The molecule has 46 heavy (non-hydrogen) atoms. The molecule has 0 radical (unpaired) electrons. The highest BCUT2D eigenvalue weighted by atomic mass is 32.2. The number of carbonyl (C=O) groups is 2. The van der Waals surface area contributed by atoms with E-state index < -0.39 is 26.6 Å². The molecule has 2 bridgehead atoms. The van der Waals surface area contributed by atoms with Crippen LogP contribution in [0.1, 0.15) is 106 Å². The second kappa shape index (κ2) is 11.5. The van der Waals surface area contributed by atoms with E-state index in [9.17, 15) is 13.2 Å². The van der Waals surface area contributed by atoms with Gasteiger partial charge in [-0.25, -0.2) is 13.1 Å². The number of likely N-dealkylation sites (tertiary alicyclic amines) is 1. The van der Waals surface area contributed by atoms with Crippen molar-refractivity contribution in [2.75, 3.05) is 20.1 Å². The first-order valence-corrected chi connectivity index (χ1v) is 18.8. The van der Waals surface area contributed by atoms with Gasteiger partial charge in [-0.05, 0) is 88.6 Å². The third kappa shape index (κ3) is 5.00. The van der Waals surface area contributed by atoms with Crippen LogP contribution in [0.4, 0.5) is 0 Å². The summed E-state index contributed by atoms with van der Waals surface area (Å²) in [5.74, 6) is -0.0562. The third-order valence-electron chi connectivity index (χ3n) is 11.7. The summed E-state index contributed by atoms with van der Waals surface area (Å²) >= 11 is 0. The normalized spacial score (nSPS) is 27.0. The number of fused-ring (bicyclic) bond motifs is 7. The van der Waals surface area contributed by atoms with Gasteiger partial charge in [-0.15, -0.1) is 0 Å². The van der Waals surface area contributed by atoms with E-state index in [2.05, 4.69) is 64.2 Å². The van der Waals surface area contributed by atoms with Crippen molar-refractivity contribution < 1.29 is 18.0 Å². The number of aromatic nitrogens is 1. The van der Waals surface area contributed by atoms with E-state index >= 15 is 4.79 Å². The maximum absolute atomic E-state index is 15.0. The lowest BCUT2D eigenvalue weighted by atomic mass is 9.72. The van der Waals surface area contributed by atoms with E-state index in [0.29, 0.717) is 18.0 Å². The van der Waals surface area contributed by atoms with E-state index in [4.69, 9.17) is 0 Å². The summed E-state index contributed by atoms with van der Waals surface area (Å²) in [5, 5.41) is 0.376. The van der Waals surface area contributed by atoms with Crippen LogP contribution in [0.15, 0.2) is 42.5 Å². The Kier molecular flexibility index (Phi) is 7.87. The summed E-state index contributed by atoms with van der Waals surface area (Å²) in [5.41, 5.74) is 5.31. The molecule has 4 heterocycles. The second-order valence-electron chi connectivity index (χ2n) is 15.0. The lowest BCUT2D eigenvalue weighted by molar-refractivity contribution is -0.149. The first-order chi connectivity index (χ1) is 21.9. The van der Waals surface area contributed by atoms with Crippen LogP contribution in [0.25, 0.3) is 22.2 Å². The Bertz CT molecular complexity index is 1790. The highest BCUT2D eigenvalue weighted by Crippen LogP contribution is 2.53. The third-order valence-corrected chi connectivity index (χ3v) is 13.5. The van der Waals surface area contributed by atoms with Crippen molar-refractivity contribution in [1.82, 2.24) is 19.1 Å². The predicted molar refractivity (Wildman–Crippen MR) is 182 cm³/mol. The quantitative estimate of drug-likeness (QED) is 0.355. The molecule has 3 aliphatic heterocycles. The molecular weight excluding hydrogens is 596 g/mol. The Morgan fingerprint density at radius 3 is 2.30 bits per heavy atom. The van der Waals surface area contributed by atoms with Gasteiger partial charge in [0.1, 0.15) is 0 Å². The molecule has 8 nitrogen and oxygen atoms in total. The van der Waals surface area contributed by atoms with Crippen LogP contribution in [0.2, 0.25) is 0 Å². The maximum Gasteiger partial charge on any atom is 0.264 e. The minimum atomic E-state index is -3.79.